The first-order valence-electron chi connectivity index (χ1n) is 4.81. The second kappa shape index (κ2) is 3.73. The number of rotatable bonds is 2. The Kier molecular flexibility index (Phi) is 2.42. The molecule has 1 aromatic heterocycles. The molecular weight excluding hydrogens is 186 g/mol. The number of hydrogen-bond acceptors (Lipinski definition) is 2. The lowest BCUT2D eigenvalue weighted by Crippen LogP contribution is -1.90. The Bertz CT molecular complexity index is 517. The first-order valence-corrected chi connectivity index (χ1v) is 4.81. The van der Waals surface area contributed by atoms with E-state index in [1.54, 1.807) is 13.3 Å². The smallest absolute Gasteiger partial charge is 0.145 e. The van der Waals surface area contributed by atoms with Gasteiger partial charge in [-0.3, -0.25) is 4.98 Å². The molecule has 0 atom stereocenters. The van der Waals surface area contributed by atoms with E-state index in [9.17, 15) is 0 Å². The summed E-state index contributed by atoms with van der Waals surface area (Å²) in [6.45, 7) is 5.96. The molecule has 0 saturated carbocycles. The zero-order valence-corrected chi connectivity index (χ0v) is 8.95. The molecule has 15 heavy (non-hydrogen) atoms. The molecule has 2 aromatic rings. The van der Waals surface area contributed by atoms with Gasteiger partial charge in [-0.25, -0.2) is 0 Å². The molecule has 0 aliphatic heterocycles. The van der Waals surface area contributed by atoms with E-state index in [0.717, 1.165) is 27.8 Å². The van der Waals surface area contributed by atoms with Crippen molar-refractivity contribution in [2.45, 2.75) is 6.92 Å². The number of allylic oxidation sites excluding steroid dienone is 1. The highest BCUT2D eigenvalue weighted by Gasteiger charge is 2.06. The number of hydrogen-bond donors (Lipinski definition) is 0. The monoisotopic (exact) mass is 199 g/mol. The Morgan fingerprint density at radius 3 is 2.80 bits per heavy atom. The van der Waals surface area contributed by atoms with Crippen molar-refractivity contribution >= 4 is 16.5 Å². The number of pyridine rings is 1. The lowest BCUT2D eigenvalue weighted by Gasteiger charge is -2.08. The van der Waals surface area contributed by atoms with Gasteiger partial charge in [-0.05, 0) is 24.6 Å². The average molecular weight is 199 g/mol. The van der Waals surface area contributed by atoms with Crippen LogP contribution in [0.1, 0.15) is 12.5 Å². The zero-order valence-electron chi connectivity index (χ0n) is 8.95. The fourth-order valence-electron chi connectivity index (χ4n) is 1.68. The predicted molar refractivity (Wildman–Crippen MR) is 63.0 cm³/mol. The van der Waals surface area contributed by atoms with Crippen molar-refractivity contribution in [3.8, 4) is 5.75 Å². The molecule has 76 valence electrons. The van der Waals surface area contributed by atoms with Crippen LogP contribution in [0.4, 0.5) is 0 Å². The number of aromatic nitrogens is 1. The largest absolute Gasteiger partial charge is 0.494 e. The van der Waals surface area contributed by atoms with Gasteiger partial charge < -0.3 is 4.74 Å². The zero-order chi connectivity index (χ0) is 10.8. The molecule has 2 rings (SSSR count). The standard InChI is InChI=1S/C13H13NO/c1-9(2)10-6-7-12(15-3)13-11(10)5-4-8-14-13/h4-8H,1H2,2-3H3. The minimum atomic E-state index is 0.801. The van der Waals surface area contributed by atoms with Gasteiger partial charge >= 0.3 is 0 Å². The fraction of sp³-hybridized carbons (Fsp3) is 0.154. The molecule has 0 saturated heterocycles. The third-order valence-electron chi connectivity index (χ3n) is 2.41. The molecule has 0 fully saturated rings. The van der Waals surface area contributed by atoms with E-state index < -0.39 is 0 Å². The SMILES string of the molecule is C=C(C)c1ccc(OC)c2ncccc12. The minimum absolute atomic E-state index is 0.801. The van der Waals surface area contributed by atoms with Crippen molar-refractivity contribution in [2.75, 3.05) is 7.11 Å². The molecule has 0 spiro atoms. The van der Waals surface area contributed by atoms with Gasteiger partial charge in [-0.1, -0.05) is 24.3 Å². The third kappa shape index (κ3) is 1.59. The Morgan fingerprint density at radius 1 is 1.33 bits per heavy atom. The van der Waals surface area contributed by atoms with Crippen LogP contribution in [0.15, 0.2) is 37.0 Å². The van der Waals surface area contributed by atoms with Crippen LogP contribution in [0.5, 0.6) is 5.75 Å². The molecule has 0 radical (unpaired) electrons. The third-order valence-corrected chi connectivity index (χ3v) is 2.41. The van der Waals surface area contributed by atoms with E-state index in [-0.39, 0.29) is 0 Å². The van der Waals surface area contributed by atoms with E-state index >= 15 is 0 Å². The van der Waals surface area contributed by atoms with Gasteiger partial charge in [0.15, 0.2) is 0 Å². The first kappa shape index (κ1) is 9.71. The highest BCUT2D eigenvalue weighted by molar-refractivity contribution is 5.94. The Balaban J connectivity index is 2.83. The van der Waals surface area contributed by atoms with E-state index in [2.05, 4.69) is 11.6 Å². The Hall–Kier alpha value is -1.83. The van der Waals surface area contributed by atoms with Crippen molar-refractivity contribution in [3.63, 3.8) is 0 Å². The molecule has 0 aliphatic carbocycles. The summed E-state index contributed by atoms with van der Waals surface area (Å²) in [5.74, 6) is 0.801. The minimum Gasteiger partial charge on any atom is -0.494 e. The summed E-state index contributed by atoms with van der Waals surface area (Å²) < 4.78 is 5.27. The van der Waals surface area contributed by atoms with Crippen LogP contribution in [-0.2, 0) is 0 Å². The quantitative estimate of drug-likeness (QED) is 0.740. The van der Waals surface area contributed by atoms with Crippen molar-refractivity contribution in [3.05, 3.63) is 42.6 Å². The molecule has 1 heterocycles. The van der Waals surface area contributed by atoms with Crippen LogP contribution in [0.25, 0.3) is 16.5 Å². The van der Waals surface area contributed by atoms with Gasteiger partial charge in [-0.2, -0.15) is 0 Å². The number of nitrogens with zero attached hydrogens (tertiary/aromatic N) is 1. The van der Waals surface area contributed by atoms with Crippen molar-refractivity contribution in [1.82, 2.24) is 4.98 Å². The second-order valence-corrected chi connectivity index (χ2v) is 3.50. The topological polar surface area (TPSA) is 22.1 Å². The fourth-order valence-corrected chi connectivity index (χ4v) is 1.68. The lowest BCUT2D eigenvalue weighted by molar-refractivity contribution is 0.419. The molecule has 0 bridgehead atoms. The summed E-state index contributed by atoms with van der Waals surface area (Å²) in [5.41, 5.74) is 3.05. The van der Waals surface area contributed by atoms with Crippen molar-refractivity contribution in [1.29, 1.82) is 0 Å². The normalized spacial score (nSPS) is 10.3. The van der Waals surface area contributed by atoms with Crippen LogP contribution in [0.3, 0.4) is 0 Å². The van der Waals surface area contributed by atoms with E-state index in [0.29, 0.717) is 0 Å². The molecule has 2 nitrogen and oxygen atoms in total. The van der Waals surface area contributed by atoms with E-state index in [1.807, 2.05) is 31.2 Å². The van der Waals surface area contributed by atoms with Crippen molar-refractivity contribution in [2.24, 2.45) is 0 Å². The maximum atomic E-state index is 5.27. The molecule has 0 aliphatic rings. The lowest BCUT2D eigenvalue weighted by atomic mass is 10.0. The number of fused-ring (bicyclic) bond motifs is 1. The average Bonchev–Trinajstić information content (AvgIpc) is 2.27. The Morgan fingerprint density at radius 2 is 2.13 bits per heavy atom. The van der Waals surface area contributed by atoms with Gasteiger partial charge in [0.05, 0.1) is 7.11 Å². The van der Waals surface area contributed by atoms with Crippen LogP contribution < -0.4 is 4.74 Å². The summed E-state index contributed by atoms with van der Waals surface area (Å²) in [6, 6.07) is 7.91. The van der Waals surface area contributed by atoms with Crippen LogP contribution in [0.2, 0.25) is 0 Å². The van der Waals surface area contributed by atoms with Crippen LogP contribution in [-0.4, -0.2) is 12.1 Å². The molecule has 1 aromatic carbocycles. The van der Waals surface area contributed by atoms with Gasteiger partial charge in [0.2, 0.25) is 0 Å². The maximum Gasteiger partial charge on any atom is 0.145 e. The molecule has 2 heteroatoms. The van der Waals surface area contributed by atoms with E-state index in [4.69, 9.17) is 4.74 Å². The first-order chi connectivity index (χ1) is 7.24. The van der Waals surface area contributed by atoms with Gasteiger partial charge in [-0.15, -0.1) is 0 Å². The van der Waals surface area contributed by atoms with Crippen LogP contribution in [0, 0.1) is 0 Å². The van der Waals surface area contributed by atoms with Gasteiger partial charge in [0.25, 0.3) is 0 Å². The number of benzene rings is 1. The summed E-state index contributed by atoms with van der Waals surface area (Å²) >= 11 is 0. The molecule has 0 N–H and O–H groups in total. The Labute approximate surface area is 89.2 Å². The highest BCUT2D eigenvalue weighted by atomic mass is 16.5. The maximum absolute atomic E-state index is 5.27. The summed E-state index contributed by atoms with van der Waals surface area (Å²) in [4.78, 5) is 4.33. The predicted octanol–water partition coefficient (Wildman–Crippen LogP) is 3.28. The molecule has 0 amide bonds. The highest BCUT2D eigenvalue weighted by Crippen LogP contribution is 2.29. The van der Waals surface area contributed by atoms with Crippen molar-refractivity contribution < 1.29 is 4.74 Å². The summed E-state index contributed by atoms with van der Waals surface area (Å²) in [7, 11) is 1.66. The van der Waals surface area contributed by atoms with Crippen LogP contribution >= 0.6 is 0 Å². The second-order valence-electron chi connectivity index (χ2n) is 3.50. The summed E-state index contributed by atoms with van der Waals surface area (Å²) in [5, 5.41) is 1.09. The summed E-state index contributed by atoms with van der Waals surface area (Å²) in [6.07, 6.45) is 1.77. The van der Waals surface area contributed by atoms with E-state index in [1.165, 1.54) is 0 Å². The molecule has 0 unspecified atom stereocenters. The number of methoxy groups -OCH3 is 1. The van der Waals surface area contributed by atoms with Gasteiger partial charge in [0.1, 0.15) is 11.3 Å². The van der Waals surface area contributed by atoms with Gasteiger partial charge in [0, 0.05) is 11.6 Å². The molecular formula is C13H13NO. The number of ether oxygens (including phenoxy) is 1.